The molecule has 0 aromatic carbocycles. The predicted octanol–water partition coefficient (Wildman–Crippen LogP) is 1.05. The molecule has 4 heterocycles. The molecule has 4 rings (SSSR count). The number of imidazole rings is 1. The first kappa shape index (κ1) is 19.3. The number of aromatic nitrogens is 4. The largest absolute Gasteiger partial charge is 0.354 e. The molecule has 0 unspecified atom stereocenters. The predicted molar refractivity (Wildman–Crippen MR) is 107 cm³/mol. The number of hydrogen-bond acceptors (Lipinski definition) is 6. The molecule has 0 N–H and O–H groups in total. The molecule has 2 aromatic rings. The lowest BCUT2D eigenvalue weighted by atomic mass is 10.3. The summed E-state index contributed by atoms with van der Waals surface area (Å²) in [5, 5.41) is 0. The summed E-state index contributed by atoms with van der Waals surface area (Å²) in [7, 11) is -3.33. The Morgan fingerprint density at radius 2 is 1.46 bits per heavy atom. The molecular weight excluding hydrogens is 378 g/mol. The van der Waals surface area contributed by atoms with E-state index in [9.17, 15) is 8.42 Å². The molecule has 0 atom stereocenters. The number of aryl methyl sites for hydroxylation is 2. The zero-order valence-electron chi connectivity index (χ0n) is 16.7. The van der Waals surface area contributed by atoms with Crippen molar-refractivity contribution in [2.75, 3.05) is 44.2 Å². The summed E-state index contributed by atoms with van der Waals surface area (Å²) in [4.78, 5) is 15.6. The van der Waals surface area contributed by atoms with Gasteiger partial charge in [-0.15, -0.1) is 0 Å². The van der Waals surface area contributed by atoms with Crippen LogP contribution >= 0.6 is 0 Å². The minimum absolute atomic E-state index is 0.473. The monoisotopic (exact) mass is 405 g/mol. The van der Waals surface area contributed by atoms with E-state index in [0.29, 0.717) is 45.1 Å². The maximum atomic E-state index is 12.8. The summed E-state index contributed by atoms with van der Waals surface area (Å²) in [6.07, 6.45) is 3.68. The van der Waals surface area contributed by atoms with Gasteiger partial charge in [-0.3, -0.25) is 4.57 Å². The van der Waals surface area contributed by atoms with Crippen molar-refractivity contribution in [3.8, 4) is 5.82 Å². The van der Waals surface area contributed by atoms with Gasteiger partial charge in [0.1, 0.15) is 23.8 Å². The van der Waals surface area contributed by atoms with Crippen LogP contribution in [0, 0.1) is 20.8 Å². The van der Waals surface area contributed by atoms with Crippen molar-refractivity contribution >= 4 is 16.0 Å². The van der Waals surface area contributed by atoms with Crippen LogP contribution in [0.15, 0.2) is 12.4 Å². The smallest absolute Gasteiger partial charge is 0.282 e. The van der Waals surface area contributed by atoms with E-state index in [2.05, 4.69) is 19.9 Å². The quantitative estimate of drug-likeness (QED) is 0.756. The molecule has 2 saturated heterocycles. The van der Waals surface area contributed by atoms with Gasteiger partial charge in [0.05, 0.1) is 5.69 Å². The Morgan fingerprint density at radius 3 is 2.07 bits per heavy atom. The fourth-order valence-electron chi connectivity index (χ4n) is 3.78. The Labute approximate surface area is 166 Å². The van der Waals surface area contributed by atoms with Crippen LogP contribution in [0.25, 0.3) is 5.82 Å². The molecule has 2 aliphatic rings. The second kappa shape index (κ2) is 7.41. The van der Waals surface area contributed by atoms with E-state index in [1.54, 1.807) is 14.9 Å². The van der Waals surface area contributed by atoms with Gasteiger partial charge in [0.15, 0.2) is 0 Å². The van der Waals surface area contributed by atoms with Crippen molar-refractivity contribution in [3.63, 3.8) is 0 Å². The Morgan fingerprint density at radius 1 is 0.857 bits per heavy atom. The average Bonchev–Trinajstić information content (AvgIpc) is 3.33. The summed E-state index contributed by atoms with van der Waals surface area (Å²) in [5.74, 6) is 2.30. The van der Waals surface area contributed by atoms with Gasteiger partial charge in [-0.1, -0.05) is 0 Å². The van der Waals surface area contributed by atoms with E-state index in [4.69, 9.17) is 0 Å². The van der Waals surface area contributed by atoms with E-state index in [-0.39, 0.29) is 0 Å². The molecule has 0 spiro atoms. The van der Waals surface area contributed by atoms with Crippen LogP contribution in [0.2, 0.25) is 0 Å². The standard InChI is InChI=1S/C18H27N7O2S/c1-14-15(2)25(13-19-14)18-12-17(20-16(3)21-18)22-8-10-24(11-9-22)28(26,27)23-6-4-5-7-23/h12-13H,4-11H2,1-3H3. The van der Waals surface area contributed by atoms with Gasteiger partial charge < -0.3 is 4.90 Å². The van der Waals surface area contributed by atoms with Gasteiger partial charge in [-0.2, -0.15) is 17.0 Å². The third-order valence-electron chi connectivity index (χ3n) is 5.59. The molecule has 0 radical (unpaired) electrons. The van der Waals surface area contributed by atoms with Crippen molar-refractivity contribution in [1.29, 1.82) is 0 Å². The van der Waals surface area contributed by atoms with Crippen molar-refractivity contribution < 1.29 is 8.42 Å². The summed E-state index contributed by atoms with van der Waals surface area (Å²) in [6.45, 7) is 9.32. The van der Waals surface area contributed by atoms with E-state index in [1.807, 2.05) is 31.4 Å². The molecular formula is C18H27N7O2S. The maximum Gasteiger partial charge on any atom is 0.282 e. The van der Waals surface area contributed by atoms with Crippen LogP contribution in [-0.2, 0) is 10.2 Å². The van der Waals surface area contributed by atoms with E-state index in [1.165, 1.54) is 0 Å². The Hall–Kier alpha value is -2.04. The molecule has 0 bridgehead atoms. The third kappa shape index (κ3) is 3.51. The van der Waals surface area contributed by atoms with Gasteiger partial charge in [-0.25, -0.2) is 15.0 Å². The van der Waals surface area contributed by atoms with Crippen LogP contribution in [0.3, 0.4) is 0 Å². The number of hydrogen-bond donors (Lipinski definition) is 0. The number of rotatable bonds is 4. The normalized spacial score (nSPS) is 19.5. The highest BCUT2D eigenvalue weighted by Gasteiger charge is 2.34. The topological polar surface area (TPSA) is 87.5 Å². The first-order chi connectivity index (χ1) is 13.4. The lowest BCUT2D eigenvalue weighted by Gasteiger charge is -2.36. The van der Waals surface area contributed by atoms with E-state index >= 15 is 0 Å². The Balaban J connectivity index is 1.51. The SMILES string of the molecule is Cc1nc(N2CCN(S(=O)(=O)N3CCCC3)CC2)cc(-n2cnc(C)c2C)n1. The molecule has 0 aliphatic carbocycles. The zero-order chi connectivity index (χ0) is 19.9. The molecule has 2 aromatic heterocycles. The molecule has 2 fully saturated rings. The van der Waals surface area contributed by atoms with Crippen LogP contribution in [-0.4, -0.2) is 75.8 Å². The molecule has 28 heavy (non-hydrogen) atoms. The fraction of sp³-hybridized carbons (Fsp3) is 0.611. The third-order valence-corrected chi connectivity index (χ3v) is 7.63. The Bertz CT molecular complexity index is 958. The van der Waals surface area contributed by atoms with Gasteiger partial charge in [0, 0.05) is 51.0 Å². The van der Waals surface area contributed by atoms with Crippen LogP contribution < -0.4 is 4.90 Å². The lowest BCUT2D eigenvalue weighted by Crippen LogP contribution is -2.52. The fourth-order valence-corrected chi connectivity index (χ4v) is 5.45. The van der Waals surface area contributed by atoms with E-state index < -0.39 is 10.2 Å². The molecule has 9 nitrogen and oxygen atoms in total. The highest BCUT2D eigenvalue weighted by atomic mass is 32.2. The molecule has 2 aliphatic heterocycles. The average molecular weight is 406 g/mol. The number of piperazine rings is 1. The second-order valence-electron chi connectivity index (χ2n) is 7.42. The Kier molecular flexibility index (Phi) is 5.11. The first-order valence-corrected chi connectivity index (χ1v) is 11.1. The maximum absolute atomic E-state index is 12.8. The van der Waals surface area contributed by atoms with Gasteiger partial charge in [0.2, 0.25) is 0 Å². The molecule has 0 amide bonds. The van der Waals surface area contributed by atoms with Crippen molar-refractivity contribution in [2.24, 2.45) is 0 Å². The second-order valence-corrected chi connectivity index (χ2v) is 9.35. The highest BCUT2D eigenvalue weighted by Crippen LogP contribution is 2.22. The summed E-state index contributed by atoms with van der Waals surface area (Å²) in [5.41, 5.74) is 2.02. The summed E-state index contributed by atoms with van der Waals surface area (Å²) >= 11 is 0. The highest BCUT2D eigenvalue weighted by molar-refractivity contribution is 7.86. The zero-order valence-corrected chi connectivity index (χ0v) is 17.5. The van der Waals surface area contributed by atoms with Crippen LogP contribution in [0.5, 0.6) is 0 Å². The van der Waals surface area contributed by atoms with Crippen molar-refractivity contribution in [2.45, 2.75) is 33.6 Å². The molecule has 0 saturated carbocycles. The van der Waals surface area contributed by atoms with Gasteiger partial charge in [0.25, 0.3) is 10.2 Å². The minimum atomic E-state index is -3.33. The van der Waals surface area contributed by atoms with Crippen molar-refractivity contribution in [1.82, 2.24) is 28.1 Å². The lowest BCUT2D eigenvalue weighted by molar-refractivity contribution is 0.343. The van der Waals surface area contributed by atoms with Crippen LogP contribution in [0.1, 0.15) is 30.1 Å². The molecule has 10 heteroatoms. The van der Waals surface area contributed by atoms with Crippen molar-refractivity contribution in [3.05, 3.63) is 29.6 Å². The number of nitrogens with zero attached hydrogens (tertiary/aromatic N) is 7. The summed E-state index contributed by atoms with van der Waals surface area (Å²) < 4.78 is 30.7. The molecule has 152 valence electrons. The summed E-state index contributed by atoms with van der Waals surface area (Å²) in [6, 6.07) is 1.95. The van der Waals surface area contributed by atoms with Crippen LogP contribution in [0.4, 0.5) is 5.82 Å². The minimum Gasteiger partial charge on any atom is -0.354 e. The van der Waals surface area contributed by atoms with E-state index in [0.717, 1.165) is 35.9 Å². The number of anilines is 1. The van der Waals surface area contributed by atoms with Gasteiger partial charge >= 0.3 is 0 Å². The first-order valence-electron chi connectivity index (χ1n) is 9.73. The van der Waals surface area contributed by atoms with Gasteiger partial charge in [-0.05, 0) is 33.6 Å².